The van der Waals surface area contributed by atoms with Gasteiger partial charge in [-0.1, -0.05) is 29.2 Å². The fraction of sp³-hybridized carbons (Fsp3) is 0.429. The molecule has 2 rings (SSSR count). The van der Waals surface area contributed by atoms with E-state index in [4.69, 9.17) is 11.6 Å². The van der Waals surface area contributed by atoms with Crippen LogP contribution in [-0.4, -0.2) is 19.8 Å². The first kappa shape index (κ1) is 9.95. The molecule has 0 aliphatic heterocycles. The molecule has 0 unspecified atom stereocenters. The van der Waals surface area contributed by atoms with Crippen LogP contribution in [0, 0.1) is 0 Å². The van der Waals surface area contributed by atoms with E-state index in [2.05, 4.69) is 26.7 Å². The molecule has 0 radical (unpaired) electrons. The highest BCUT2D eigenvalue weighted by molar-refractivity contribution is 7.21. The van der Waals surface area contributed by atoms with E-state index >= 15 is 0 Å². The van der Waals surface area contributed by atoms with Crippen molar-refractivity contribution >= 4 is 34.5 Å². The van der Waals surface area contributed by atoms with Crippen LogP contribution in [0.2, 0.25) is 4.47 Å². The molecule has 0 aliphatic rings. The zero-order valence-corrected chi connectivity index (χ0v) is 9.79. The summed E-state index contributed by atoms with van der Waals surface area (Å²) >= 11 is 8.42. The zero-order valence-electron chi connectivity index (χ0n) is 7.40. The lowest BCUT2D eigenvalue weighted by Crippen LogP contribution is -1.86. The average Bonchev–Trinajstić information content (AvgIpc) is 2.74. The first-order chi connectivity index (χ1) is 6.81. The van der Waals surface area contributed by atoms with Crippen LogP contribution in [-0.2, 0) is 6.42 Å². The van der Waals surface area contributed by atoms with Gasteiger partial charge in [0.2, 0.25) is 4.47 Å². The number of rotatable bonds is 3. The minimum absolute atomic E-state index is 0.454. The van der Waals surface area contributed by atoms with E-state index in [0.717, 1.165) is 28.4 Å². The monoisotopic (exact) mass is 246 g/mol. The number of aromatic nitrogens is 4. The smallest absolute Gasteiger partial charge is 0.142 e. The molecule has 74 valence electrons. The summed E-state index contributed by atoms with van der Waals surface area (Å²) in [6, 6.07) is 0. The molecule has 0 amide bonds. The van der Waals surface area contributed by atoms with Crippen LogP contribution in [0.25, 0.3) is 9.88 Å². The molecular weight excluding hydrogens is 240 g/mol. The van der Waals surface area contributed by atoms with Crippen LogP contribution in [0.4, 0.5) is 0 Å². The minimum Gasteiger partial charge on any atom is -0.142 e. The van der Waals surface area contributed by atoms with Crippen LogP contribution in [0.1, 0.15) is 19.0 Å². The number of aryl methyl sites for hydroxylation is 1. The maximum absolute atomic E-state index is 5.72. The molecule has 0 bridgehead atoms. The van der Waals surface area contributed by atoms with Crippen molar-refractivity contribution < 1.29 is 0 Å². The van der Waals surface area contributed by atoms with Gasteiger partial charge in [0.25, 0.3) is 0 Å². The van der Waals surface area contributed by atoms with Gasteiger partial charge < -0.3 is 0 Å². The second kappa shape index (κ2) is 4.29. The van der Waals surface area contributed by atoms with Gasteiger partial charge >= 0.3 is 0 Å². The molecule has 0 aromatic carbocycles. The van der Waals surface area contributed by atoms with Crippen molar-refractivity contribution in [2.45, 2.75) is 19.8 Å². The van der Waals surface area contributed by atoms with Crippen LogP contribution < -0.4 is 0 Å². The van der Waals surface area contributed by atoms with Gasteiger partial charge in [0.15, 0.2) is 5.01 Å². The molecule has 7 heteroatoms. The summed E-state index contributed by atoms with van der Waals surface area (Å²) in [5, 5.41) is 12.6. The van der Waals surface area contributed by atoms with Crippen LogP contribution in [0.15, 0.2) is 0 Å². The molecule has 4 nitrogen and oxygen atoms in total. The quantitative estimate of drug-likeness (QED) is 0.836. The Labute approximate surface area is 94.1 Å². The third kappa shape index (κ3) is 1.92. The molecular formula is C7H7ClN4S2. The summed E-state index contributed by atoms with van der Waals surface area (Å²) < 4.78 is 4.37. The van der Waals surface area contributed by atoms with Crippen molar-refractivity contribution in [3.8, 4) is 9.88 Å². The first-order valence-electron chi connectivity index (χ1n) is 4.12. The van der Waals surface area contributed by atoms with E-state index in [1.54, 1.807) is 0 Å². The highest BCUT2D eigenvalue weighted by Gasteiger charge is 2.13. The third-order valence-electron chi connectivity index (χ3n) is 1.64. The molecule has 2 aromatic heterocycles. The average molecular weight is 247 g/mol. The predicted molar refractivity (Wildman–Crippen MR) is 57.8 cm³/mol. The van der Waals surface area contributed by atoms with Gasteiger partial charge in [0.1, 0.15) is 4.88 Å². The molecule has 0 spiro atoms. The summed E-state index contributed by atoms with van der Waals surface area (Å²) in [5.74, 6) is 0. The summed E-state index contributed by atoms with van der Waals surface area (Å²) in [7, 11) is 0. The lowest BCUT2D eigenvalue weighted by Gasteiger charge is -1.92. The molecule has 14 heavy (non-hydrogen) atoms. The standard InChI is InChI=1S/C7H7ClN4S2/c1-2-3-4-5(14-12-9-4)6-10-11-7(8)13-6/h2-3H2,1H3. The summed E-state index contributed by atoms with van der Waals surface area (Å²) in [4.78, 5) is 0.997. The first-order valence-corrected chi connectivity index (χ1v) is 6.08. The number of halogens is 1. The number of hydrogen-bond donors (Lipinski definition) is 0. The van der Waals surface area contributed by atoms with Gasteiger partial charge in [-0.25, -0.2) is 0 Å². The Hall–Kier alpha value is -0.590. The second-order valence-corrected chi connectivity index (χ2v) is 4.97. The van der Waals surface area contributed by atoms with E-state index < -0.39 is 0 Å². The zero-order chi connectivity index (χ0) is 9.97. The Bertz CT molecular complexity index is 425. The molecule has 0 saturated carbocycles. The Balaban J connectivity index is 2.36. The summed E-state index contributed by atoms with van der Waals surface area (Å²) in [5.41, 5.74) is 0.991. The van der Waals surface area contributed by atoms with Crippen LogP contribution in [0.3, 0.4) is 0 Å². The fourth-order valence-corrected chi connectivity index (χ4v) is 2.68. The fourth-order valence-electron chi connectivity index (χ4n) is 1.07. The van der Waals surface area contributed by atoms with Crippen molar-refractivity contribution in [2.75, 3.05) is 0 Å². The maximum Gasteiger partial charge on any atom is 0.207 e. The topological polar surface area (TPSA) is 51.6 Å². The van der Waals surface area contributed by atoms with Gasteiger partial charge in [0, 0.05) is 0 Å². The predicted octanol–water partition coefficient (Wildman–Crippen LogP) is 2.66. The van der Waals surface area contributed by atoms with Crippen molar-refractivity contribution in [2.24, 2.45) is 0 Å². The summed E-state index contributed by atoms with van der Waals surface area (Å²) in [6.45, 7) is 2.11. The molecule has 0 aliphatic carbocycles. The Morgan fingerprint density at radius 3 is 2.79 bits per heavy atom. The normalized spacial score (nSPS) is 10.7. The van der Waals surface area contributed by atoms with Crippen molar-refractivity contribution in [3.05, 3.63) is 10.2 Å². The highest BCUT2D eigenvalue weighted by atomic mass is 35.5. The van der Waals surface area contributed by atoms with E-state index in [9.17, 15) is 0 Å². The van der Waals surface area contributed by atoms with Crippen molar-refractivity contribution in [1.29, 1.82) is 0 Å². The molecule has 0 fully saturated rings. The lowest BCUT2D eigenvalue weighted by atomic mass is 10.2. The van der Waals surface area contributed by atoms with E-state index in [-0.39, 0.29) is 0 Å². The second-order valence-electron chi connectivity index (χ2n) is 2.66. The number of hydrogen-bond acceptors (Lipinski definition) is 6. The van der Waals surface area contributed by atoms with Crippen LogP contribution >= 0.6 is 34.5 Å². The minimum atomic E-state index is 0.454. The maximum atomic E-state index is 5.72. The van der Waals surface area contributed by atoms with Gasteiger partial charge in [-0.3, -0.25) is 0 Å². The van der Waals surface area contributed by atoms with Crippen molar-refractivity contribution in [1.82, 2.24) is 19.8 Å². The van der Waals surface area contributed by atoms with Gasteiger partial charge in [-0.2, -0.15) is 0 Å². The Morgan fingerprint density at radius 2 is 2.14 bits per heavy atom. The Morgan fingerprint density at radius 1 is 1.29 bits per heavy atom. The molecule has 0 N–H and O–H groups in total. The number of nitrogens with zero attached hydrogens (tertiary/aromatic N) is 4. The molecule has 2 heterocycles. The molecule has 2 aromatic rings. The molecule has 0 saturated heterocycles. The van der Waals surface area contributed by atoms with Gasteiger partial charge in [-0.05, 0) is 29.6 Å². The Kier molecular flexibility index (Phi) is 3.05. The van der Waals surface area contributed by atoms with Crippen molar-refractivity contribution in [3.63, 3.8) is 0 Å². The van der Waals surface area contributed by atoms with E-state index in [0.29, 0.717) is 4.47 Å². The van der Waals surface area contributed by atoms with E-state index in [1.165, 1.54) is 22.9 Å². The lowest BCUT2D eigenvalue weighted by molar-refractivity contribution is 0.870. The van der Waals surface area contributed by atoms with Gasteiger partial charge in [-0.15, -0.1) is 15.3 Å². The van der Waals surface area contributed by atoms with Crippen LogP contribution in [0.5, 0.6) is 0 Å². The third-order valence-corrected chi connectivity index (χ3v) is 3.58. The van der Waals surface area contributed by atoms with E-state index in [1.807, 2.05) is 0 Å². The SMILES string of the molecule is CCCc1nnsc1-c1nnc(Cl)s1. The van der Waals surface area contributed by atoms with Gasteiger partial charge in [0.05, 0.1) is 5.69 Å². The largest absolute Gasteiger partial charge is 0.207 e. The summed E-state index contributed by atoms with van der Waals surface area (Å²) in [6.07, 6.45) is 1.97. The highest BCUT2D eigenvalue weighted by Crippen LogP contribution is 2.30. The molecule has 0 atom stereocenters.